The summed E-state index contributed by atoms with van der Waals surface area (Å²) in [6.07, 6.45) is 0.418. The van der Waals surface area contributed by atoms with Gasteiger partial charge in [0.2, 0.25) is 6.54 Å². The van der Waals surface area contributed by atoms with Crippen LogP contribution in [0.25, 0.3) is 0 Å². The minimum Gasteiger partial charge on any atom is -0.309 e. The minimum absolute atomic E-state index is 0.181. The summed E-state index contributed by atoms with van der Waals surface area (Å²) in [5, 5.41) is 10.8. The number of rotatable bonds is 8. The molecule has 0 aromatic heterocycles. The van der Waals surface area contributed by atoms with E-state index in [1.165, 1.54) is 20.0 Å². The Bertz CT molecular complexity index is 536. The Morgan fingerprint density at radius 1 is 1.33 bits per heavy atom. The zero-order chi connectivity index (χ0) is 15.9. The lowest BCUT2D eigenvalue weighted by Gasteiger charge is -2.15. The van der Waals surface area contributed by atoms with E-state index in [1.807, 2.05) is 30.3 Å². The average molecular weight is 313 g/mol. The van der Waals surface area contributed by atoms with Gasteiger partial charge >= 0.3 is 7.60 Å². The fraction of sp³-hybridized carbons (Fsp3) is 0.429. The summed E-state index contributed by atoms with van der Waals surface area (Å²) in [6.45, 7) is 1.58. The van der Waals surface area contributed by atoms with Crippen LogP contribution < -0.4 is 0 Å². The first-order valence-corrected chi connectivity index (χ1v) is 8.07. The van der Waals surface area contributed by atoms with Gasteiger partial charge in [0.15, 0.2) is 0 Å². The quantitative estimate of drug-likeness (QED) is 0.414. The van der Waals surface area contributed by atoms with Crippen LogP contribution >= 0.6 is 7.60 Å². The van der Waals surface area contributed by atoms with E-state index in [-0.39, 0.29) is 17.4 Å². The second-order valence-electron chi connectivity index (χ2n) is 4.71. The van der Waals surface area contributed by atoms with Gasteiger partial charge in [0.1, 0.15) is 0 Å². The maximum absolute atomic E-state index is 12.0. The van der Waals surface area contributed by atoms with E-state index in [2.05, 4.69) is 0 Å². The number of benzene rings is 1. The van der Waals surface area contributed by atoms with Crippen LogP contribution in [-0.4, -0.2) is 25.7 Å². The third kappa shape index (κ3) is 5.79. The van der Waals surface area contributed by atoms with E-state index in [9.17, 15) is 14.7 Å². The van der Waals surface area contributed by atoms with Crippen molar-refractivity contribution in [2.45, 2.75) is 19.3 Å². The van der Waals surface area contributed by atoms with E-state index in [1.54, 1.807) is 6.92 Å². The first-order valence-electron chi connectivity index (χ1n) is 6.46. The summed E-state index contributed by atoms with van der Waals surface area (Å²) in [7, 11) is -0.641. The summed E-state index contributed by atoms with van der Waals surface area (Å²) in [5.41, 5.74) is 1.62. The minimum atomic E-state index is -3.25. The van der Waals surface area contributed by atoms with Crippen LogP contribution in [0, 0.1) is 10.1 Å². The molecular formula is C14H20NO5P. The summed E-state index contributed by atoms with van der Waals surface area (Å²) < 4.78 is 21.7. The second kappa shape index (κ2) is 8.08. The van der Waals surface area contributed by atoms with E-state index >= 15 is 0 Å². The van der Waals surface area contributed by atoms with Gasteiger partial charge in [0, 0.05) is 25.0 Å². The lowest BCUT2D eigenvalue weighted by Crippen LogP contribution is -2.13. The molecule has 1 atom stereocenters. The number of nitrogens with zero attached hydrogens (tertiary/aromatic N) is 1. The number of nitro groups is 1. The molecule has 7 heteroatoms. The first kappa shape index (κ1) is 17.6. The molecule has 0 bridgehead atoms. The van der Waals surface area contributed by atoms with Gasteiger partial charge in [0.25, 0.3) is 0 Å². The maximum Gasteiger partial charge on any atom is 0.353 e. The Morgan fingerprint density at radius 3 is 2.38 bits per heavy atom. The molecule has 1 rings (SSSR count). The van der Waals surface area contributed by atoms with Gasteiger partial charge in [0.05, 0.1) is 5.92 Å². The Morgan fingerprint density at radius 2 is 1.90 bits per heavy atom. The zero-order valence-corrected chi connectivity index (χ0v) is 13.3. The highest BCUT2D eigenvalue weighted by Gasteiger charge is 2.22. The SMILES string of the molecule is COP(=O)(/C=C(/C)CC(C[N+](=O)[O-])c1ccccc1)OC. The molecular weight excluding hydrogens is 293 g/mol. The van der Waals surface area contributed by atoms with Gasteiger partial charge in [-0.25, -0.2) is 0 Å². The smallest absolute Gasteiger partial charge is 0.309 e. The van der Waals surface area contributed by atoms with Crippen LogP contribution in [0.4, 0.5) is 0 Å². The van der Waals surface area contributed by atoms with Crippen LogP contribution in [0.5, 0.6) is 0 Å². The lowest BCUT2D eigenvalue weighted by molar-refractivity contribution is -0.483. The molecule has 6 nitrogen and oxygen atoms in total. The molecule has 0 aliphatic carbocycles. The third-order valence-electron chi connectivity index (χ3n) is 3.10. The van der Waals surface area contributed by atoms with Crippen molar-refractivity contribution in [1.29, 1.82) is 0 Å². The highest BCUT2D eigenvalue weighted by molar-refractivity contribution is 7.57. The van der Waals surface area contributed by atoms with Crippen LogP contribution in [0.1, 0.15) is 24.8 Å². The van der Waals surface area contributed by atoms with Gasteiger partial charge in [-0.1, -0.05) is 35.9 Å². The molecule has 0 saturated carbocycles. The highest BCUT2D eigenvalue weighted by atomic mass is 31.2. The molecule has 0 heterocycles. The van der Waals surface area contributed by atoms with Gasteiger partial charge in [-0.3, -0.25) is 14.7 Å². The Kier molecular flexibility index (Phi) is 6.75. The van der Waals surface area contributed by atoms with Crippen molar-refractivity contribution in [3.8, 4) is 0 Å². The van der Waals surface area contributed by atoms with E-state index in [4.69, 9.17) is 9.05 Å². The summed E-state index contributed by atoms with van der Waals surface area (Å²) in [5.74, 6) is 1.14. The molecule has 1 aromatic carbocycles. The topological polar surface area (TPSA) is 78.7 Å². The van der Waals surface area contributed by atoms with Crippen LogP contribution in [0.15, 0.2) is 41.7 Å². The van der Waals surface area contributed by atoms with Gasteiger partial charge in [-0.15, -0.1) is 0 Å². The Balaban J connectivity index is 2.94. The number of hydrogen-bond acceptors (Lipinski definition) is 5. The molecule has 21 heavy (non-hydrogen) atoms. The van der Waals surface area contributed by atoms with Crippen LogP contribution in [-0.2, 0) is 13.6 Å². The predicted octanol–water partition coefficient (Wildman–Crippen LogP) is 3.83. The van der Waals surface area contributed by atoms with Crippen molar-refractivity contribution in [3.05, 3.63) is 57.4 Å². The molecule has 0 amide bonds. The van der Waals surface area contributed by atoms with Gasteiger partial charge < -0.3 is 9.05 Å². The van der Waals surface area contributed by atoms with E-state index in [0.29, 0.717) is 6.42 Å². The molecule has 0 fully saturated rings. The second-order valence-corrected chi connectivity index (χ2v) is 6.78. The van der Waals surface area contributed by atoms with Crippen LogP contribution in [0.2, 0.25) is 0 Å². The lowest BCUT2D eigenvalue weighted by atomic mass is 9.93. The van der Waals surface area contributed by atoms with E-state index in [0.717, 1.165) is 11.1 Å². The normalized spacial score (nSPS) is 14.0. The zero-order valence-electron chi connectivity index (χ0n) is 12.4. The molecule has 0 aliphatic rings. The standard InChI is InChI=1S/C14H20NO5P/c1-12(11-21(18,19-2)20-3)9-14(10-15(16)17)13-7-5-4-6-8-13/h4-8,11,14H,9-10H2,1-3H3/b12-11-. The van der Waals surface area contributed by atoms with Crippen molar-refractivity contribution in [2.75, 3.05) is 20.8 Å². The van der Waals surface area contributed by atoms with Crippen molar-refractivity contribution in [3.63, 3.8) is 0 Å². The first-order chi connectivity index (χ1) is 9.90. The fourth-order valence-electron chi connectivity index (χ4n) is 2.08. The Hall–Kier alpha value is -1.49. The van der Waals surface area contributed by atoms with Crippen molar-refractivity contribution >= 4 is 7.60 Å². The maximum atomic E-state index is 12.0. The van der Waals surface area contributed by atoms with Crippen molar-refractivity contribution in [1.82, 2.24) is 0 Å². The molecule has 116 valence electrons. The number of hydrogen-bond donors (Lipinski definition) is 0. The van der Waals surface area contributed by atoms with Crippen molar-refractivity contribution < 1.29 is 18.5 Å². The number of allylic oxidation sites excluding steroid dienone is 1. The van der Waals surface area contributed by atoms with E-state index < -0.39 is 7.60 Å². The Labute approximate surface area is 124 Å². The molecule has 1 unspecified atom stereocenters. The highest BCUT2D eigenvalue weighted by Crippen LogP contribution is 2.49. The van der Waals surface area contributed by atoms with Crippen LogP contribution in [0.3, 0.4) is 0 Å². The molecule has 0 saturated heterocycles. The van der Waals surface area contributed by atoms with Gasteiger partial charge in [-0.05, 0) is 18.9 Å². The third-order valence-corrected chi connectivity index (χ3v) is 4.87. The summed E-state index contributed by atoms with van der Waals surface area (Å²) in [4.78, 5) is 10.5. The van der Waals surface area contributed by atoms with Gasteiger partial charge in [-0.2, -0.15) is 0 Å². The predicted molar refractivity (Wildman–Crippen MR) is 81.0 cm³/mol. The molecule has 0 N–H and O–H groups in total. The monoisotopic (exact) mass is 313 g/mol. The average Bonchev–Trinajstić information content (AvgIpc) is 2.46. The summed E-state index contributed by atoms with van der Waals surface area (Å²) in [6, 6.07) is 9.26. The summed E-state index contributed by atoms with van der Waals surface area (Å²) >= 11 is 0. The largest absolute Gasteiger partial charge is 0.353 e. The molecule has 0 aliphatic heterocycles. The molecule has 1 aromatic rings. The fourth-order valence-corrected chi connectivity index (χ4v) is 3.09. The molecule has 0 radical (unpaired) electrons. The van der Waals surface area contributed by atoms with Crippen molar-refractivity contribution in [2.24, 2.45) is 0 Å². The molecule has 0 spiro atoms.